The first kappa shape index (κ1) is 8.27. The molecule has 0 bridgehead atoms. The van der Waals surface area contributed by atoms with Crippen molar-refractivity contribution in [1.29, 1.82) is 0 Å². The van der Waals surface area contributed by atoms with Crippen molar-refractivity contribution in [2.75, 3.05) is 12.4 Å². The van der Waals surface area contributed by atoms with Gasteiger partial charge in [-0.05, 0) is 12.1 Å². The maximum absolute atomic E-state index is 12.6. The van der Waals surface area contributed by atoms with Crippen LogP contribution in [0.4, 0.5) is 14.5 Å². The summed E-state index contributed by atoms with van der Waals surface area (Å²) in [5.41, 5.74) is 0.365. The average Bonchev–Trinajstić information content (AvgIpc) is 1.99. The fourth-order valence-corrected chi connectivity index (χ4v) is 0.809. The summed E-state index contributed by atoms with van der Waals surface area (Å²) in [5, 5.41) is 2.13. The summed E-state index contributed by atoms with van der Waals surface area (Å²) < 4.78 is 25.2. The minimum absolute atomic E-state index is 0.365. The predicted octanol–water partition coefficient (Wildman–Crippen LogP) is 2.66. The standard InChI is InChI=1S/C7H6ClF2N/c1-11-4-2-5(9)7(8)6(10)3-4/h2-3,11H,1H3. The smallest absolute Gasteiger partial charge is 0.146 e. The fourth-order valence-electron chi connectivity index (χ4n) is 0.700. The van der Waals surface area contributed by atoms with Gasteiger partial charge < -0.3 is 5.32 Å². The first-order valence-corrected chi connectivity index (χ1v) is 3.35. The van der Waals surface area contributed by atoms with Crippen LogP contribution in [0.1, 0.15) is 0 Å². The summed E-state index contributed by atoms with van der Waals surface area (Å²) in [6, 6.07) is 2.26. The van der Waals surface area contributed by atoms with E-state index in [0.29, 0.717) is 5.69 Å². The van der Waals surface area contributed by atoms with Crippen molar-refractivity contribution >= 4 is 17.3 Å². The van der Waals surface area contributed by atoms with E-state index in [0.717, 1.165) is 12.1 Å². The van der Waals surface area contributed by atoms with E-state index in [-0.39, 0.29) is 0 Å². The van der Waals surface area contributed by atoms with Gasteiger partial charge in [0.1, 0.15) is 16.7 Å². The van der Waals surface area contributed by atoms with E-state index in [4.69, 9.17) is 11.6 Å². The second kappa shape index (κ2) is 3.05. The summed E-state index contributed by atoms with van der Waals surface area (Å²) in [6.07, 6.45) is 0. The number of hydrogen-bond acceptors (Lipinski definition) is 1. The van der Waals surface area contributed by atoms with Gasteiger partial charge in [-0.15, -0.1) is 0 Å². The third kappa shape index (κ3) is 1.60. The number of hydrogen-bond donors (Lipinski definition) is 1. The Bertz CT molecular complexity index is 252. The maximum Gasteiger partial charge on any atom is 0.146 e. The lowest BCUT2D eigenvalue weighted by molar-refractivity contribution is 0.585. The van der Waals surface area contributed by atoms with E-state index >= 15 is 0 Å². The van der Waals surface area contributed by atoms with Crippen LogP contribution < -0.4 is 5.32 Å². The van der Waals surface area contributed by atoms with Crippen molar-refractivity contribution in [2.45, 2.75) is 0 Å². The quantitative estimate of drug-likeness (QED) is 0.651. The Morgan fingerprint density at radius 3 is 2.09 bits per heavy atom. The van der Waals surface area contributed by atoms with Gasteiger partial charge in [-0.3, -0.25) is 0 Å². The van der Waals surface area contributed by atoms with Crippen LogP contribution in [0, 0.1) is 11.6 Å². The zero-order chi connectivity index (χ0) is 8.43. The molecular formula is C7H6ClF2N. The van der Waals surface area contributed by atoms with Gasteiger partial charge in [0.15, 0.2) is 0 Å². The van der Waals surface area contributed by atoms with E-state index in [2.05, 4.69) is 5.32 Å². The molecule has 1 aromatic carbocycles. The van der Waals surface area contributed by atoms with E-state index in [1.54, 1.807) is 7.05 Å². The van der Waals surface area contributed by atoms with E-state index in [1.165, 1.54) is 0 Å². The van der Waals surface area contributed by atoms with Gasteiger partial charge >= 0.3 is 0 Å². The molecule has 0 unspecified atom stereocenters. The zero-order valence-electron chi connectivity index (χ0n) is 5.79. The largest absolute Gasteiger partial charge is 0.388 e. The molecule has 0 saturated heterocycles. The highest BCUT2D eigenvalue weighted by molar-refractivity contribution is 6.30. The molecule has 60 valence electrons. The van der Waals surface area contributed by atoms with Gasteiger partial charge in [-0.1, -0.05) is 11.6 Å². The molecule has 0 aliphatic heterocycles. The predicted molar refractivity (Wildman–Crippen MR) is 40.9 cm³/mol. The van der Waals surface area contributed by atoms with Crippen LogP contribution in [0.2, 0.25) is 5.02 Å². The van der Waals surface area contributed by atoms with Crippen LogP contribution in [0.25, 0.3) is 0 Å². The van der Waals surface area contributed by atoms with Gasteiger partial charge in [0.2, 0.25) is 0 Å². The Kier molecular flexibility index (Phi) is 2.29. The van der Waals surface area contributed by atoms with Crippen molar-refractivity contribution in [2.24, 2.45) is 0 Å². The number of halogens is 3. The normalized spacial score (nSPS) is 9.82. The molecule has 0 amide bonds. The minimum Gasteiger partial charge on any atom is -0.388 e. The lowest BCUT2D eigenvalue weighted by atomic mass is 10.3. The molecule has 4 heteroatoms. The van der Waals surface area contributed by atoms with Gasteiger partial charge in [-0.2, -0.15) is 0 Å². The number of nitrogens with one attached hydrogen (secondary N) is 1. The lowest BCUT2D eigenvalue weighted by Crippen LogP contribution is -1.91. The summed E-state index contributed by atoms with van der Waals surface area (Å²) in [7, 11) is 1.57. The molecule has 0 saturated carbocycles. The monoisotopic (exact) mass is 177 g/mol. The highest BCUT2D eigenvalue weighted by Crippen LogP contribution is 2.22. The van der Waals surface area contributed by atoms with Crippen molar-refractivity contribution < 1.29 is 8.78 Å². The molecule has 0 radical (unpaired) electrons. The molecule has 0 aliphatic carbocycles. The molecule has 0 fully saturated rings. The Morgan fingerprint density at radius 1 is 1.27 bits per heavy atom. The highest BCUT2D eigenvalue weighted by atomic mass is 35.5. The fraction of sp³-hybridized carbons (Fsp3) is 0.143. The van der Waals surface area contributed by atoms with Crippen molar-refractivity contribution in [3.8, 4) is 0 Å². The van der Waals surface area contributed by atoms with E-state index < -0.39 is 16.7 Å². The van der Waals surface area contributed by atoms with Gasteiger partial charge in [0, 0.05) is 12.7 Å². The molecule has 0 atom stereocenters. The number of benzene rings is 1. The molecular weight excluding hydrogens is 172 g/mol. The van der Waals surface area contributed by atoms with Crippen LogP contribution in [-0.4, -0.2) is 7.05 Å². The van der Waals surface area contributed by atoms with Gasteiger partial charge in [-0.25, -0.2) is 8.78 Å². The van der Waals surface area contributed by atoms with Crippen LogP contribution >= 0.6 is 11.6 Å². The molecule has 0 heterocycles. The Morgan fingerprint density at radius 2 is 1.73 bits per heavy atom. The molecule has 1 rings (SSSR count). The molecule has 1 aromatic rings. The molecule has 0 aromatic heterocycles. The SMILES string of the molecule is CNc1cc(F)c(Cl)c(F)c1. The van der Waals surface area contributed by atoms with Gasteiger partial charge in [0.25, 0.3) is 0 Å². The average molecular weight is 178 g/mol. The molecule has 1 nitrogen and oxygen atoms in total. The lowest BCUT2D eigenvalue weighted by Gasteiger charge is -2.01. The summed E-state index contributed by atoms with van der Waals surface area (Å²) in [5.74, 6) is -1.51. The third-order valence-electron chi connectivity index (χ3n) is 1.27. The van der Waals surface area contributed by atoms with Gasteiger partial charge in [0.05, 0.1) is 0 Å². The highest BCUT2D eigenvalue weighted by Gasteiger charge is 2.06. The molecule has 0 spiro atoms. The third-order valence-corrected chi connectivity index (χ3v) is 1.63. The van der Waals surface area contributed by atoms with Crippen molar-refractivity contribution in [1.82, 2.24) is 0 Å². The topological polar surface area (TPSA) is 12.0 Å². The van der Waals surface area contributed by atoms with Crippen LogP contribution in [0.5, 0.6) is 0 Å². The van der Waals surface area contributed by atoms with Crippen LogP contribution in [0.3, 0.4) is 0 Å². The maximum atomic E-state index is 12.6. The molecule has 11 heavy (non-hydrogen) atoms. The van der Waals surface area contributed by atoms with Crippen LogP contribution in [-0.2, 0) is 0 Å². The van der Waals surface area contributed by atoms with E-state index in [1.807, 2.05) is 0 Å². The number of anilines is 1. The summed E-state index contributed by atoms with van der Waals surface area (Å²) in [4.78, 5) is 0. The molecule has 1 N–H and O–H groups in total. The second-order valence-electron chi connectivity index (χ2n) is 2.00. The summed E-state index contributed by atoms with van der Waals surface area (Å²) in [6.45, 7) is 0. The second-order valence-corrected chi connectivity index (χ2v) is 2.38. The first-order chi connectivity index (χ1) is 5.15. The Balaban J connectivity index is 3.21. The van der Waals surface area contributed by atoms with Crippen molar-refractivity contribution in [3.63, 3.8) is 0 Å². The minimum atomic E-state index is -0.754. The Labute approximate surface area is 68.0 Å². The van der Waals surface area contributed by atoms with Crippen molar-refractivity contribution in [3.05, 3.63) is 28.8 Å². The van der Waals surface area contributed by atoms with E-state index in [9.17, 15) is 8.78 Å². The zero-order valence-corrected chi connectivity index (χ0v) is 6.54. The first-order valence-electron chi connectivity index (χ1n) is 2.97. The van der Waals surface area contributed by atoms with Crippen LogP contribution in [0.15, 0.2) is 12.1 Å². The Hall–Kier alpha value is -0.830. The molecule has 0 aliphatic rings. The number of rotatable bonds is 1. The summed E-state index contributed by atoms with van der Waals surface area (Å²) >= 11 is 5.23.